The van der Waals surface area contributed by atoms with E-state index >= 15 is 0 Å². The van der Waals surface area contributed by atoms with Gasteiger partial charge in [-0.05, 0) is 42.7 Å². The van der Waals surface area contributed by atoms with Crippen molar-refractivity contribution in [2.45, 2.75) is 57.4 Å². The highest BCUT2D eigenvalue weighted by atomic mass is 16.3. The second kappa shape index (κ2) is 6.28. The van der Waals surface area contributed by atoms with E-state index in [2.05, 4.69) is 29.6 Å². The lowest BCUT2D eigenvalue weighted by atomic mass is 9.74. The zero-order valence-electron chi connectivity index (χ0n) is 12.4. The molecule has 0 radical (unpaired) electrons. The number of aliphatic hydroxyl groups is 1. The second-order valence-corrected chi connectivity index (χ2v) is 6.84. The van der Waals surface area contributed by atoms with Crippen molar-refractivity contribution in [3.8, 4) is 0 Å². The van der Waals surface area contributed by atoms with Gasteiger partial charge < -0.3 is 10.4 Å². The van der Waals surface area contributed by atoms with E-state index in [1.807, 2.05) is 0 Å². The van der Waals surface area contributed by atoms with Gasteiger partial charge in [-0.15, -0.1) is 0 Å². The third kappa shape index (κ3) is 3.42. The van der Waals surface area contributed by atoms with Crippen molar-refractivity contribution in [2.24, 2.45) is 5.41 Å². The van der Waals surface area contributed by atoms with E-state index in [9.17, 15) is 5.11 Å². The molecule has 0 unspecified atom stereocenters. The monoisotopic (exact) mass is 273 g/mol. The molecule has 2 saturated carbocycles. The number of benzene rings is 1. The molecule has 0 heterocycles. The van der Waals surface area contributed by atoms with E-state index in [1.165, 1.54) is 56.1 Å². The number of hydrogen-bond donors (Lipinski definition) is 2. The summed E-state index contributed by atoms with van der Waals surface area (Å²) in [5.74, 6) is 0.844. The van der Waals surface area contributed by atoms with Crippen LogP contribution in [0.4, 0.5) is 0 Å². The molecule has 2 aliphatic carbocycles. The number of aliphatic hydroxyl groups excluding tert-OH is 1. The molecule has 0 aliphatic heterocycles. The first-order valence-electron chi connectivity index (χ1n) is 8.22. The second-order valence-electron chi connectivity index (χ2n) is 6.84. The lowest BCUT2D eigenvalue weighted by Gasteiger charge is -2.35. The summed E-state index contributed by atoms with van der Waals surface area (Å²) in [6.07, 6.45) is 8.99. The molecule has 2 N–H and O–H groups in total. The van der Waals surface area contributed by atoms with E-state index in [-0.39, 0.29) is 5.41 Å². The molecule has 1 aromatic carbocycles. The first-order chi connectivity index (χ1) is 9.81. The summed E-state index contributed by atoms with van der Waals surface area (Å²) in [5, 5.41) is 13.3. The van der Waals surface area contributed by atoms with Crippen LogP contribution in [-0.2, 0) is 6.54 Å². The molecule has 0 bridgehead atoms. The lowest BCUT2D eigenvalue weighted by Crippen LogP contribution is -2.38. The quantitative estimate of drug-likeness (QED) is 0.830. The molecule has 2 fully saturated rings. The molecule has 0 saturated heterocycles. The highest BCUT2D eigenvalue weighted by Gasteiger charge is 2.30. The Kier molecular flexibility index (Phi) is 4.42. The molecule has 3 rings (SSSR count). The Hall–Kier alpha value is -0.860. The Morgan fingerprint density at radius 1 is 1.05 bits per heavy atom. The summed E-state index contributed by atoms with van der Waals surface area (Å²) in [7, 11) is 0. The average molecular weight is 273 g/mol. The van der Waals surface area contributed by atoms with Gasteiger partial charge in [0.05, 0.1) is 0 Å². The number of hydrogen-bond acceptors (Lipinski definition) is 2. The highest BCUT2D eigenvalue weighted by molar-refractivity contribution is 5.27. The standard InChI is InChI=1S/C18H27NO/c20-14-18(10-2-1-3-11-18)13-19-12-15-4-6-16(7-5-15)17-8-9-17/h4-7,17,19-20H,1-3,8-14H2. The SMILES string of the molecule is OCC1(CNCc2ccc(C3CC3)cc2)CCCCC1. The van der Waals surface area contributed by atoms with Crippen LogP contribution in [0.2, 0.25) is 0 Å². The predicted molar refractivity (Wildman–Crippen MR) is 82.7 cm³/mol. The minimum absolute atomic E-state index is 0.145. The summed E-state index contributed by atoms with van der Waals surface area (Å²) in [4.78, 5) is 0. The first-order valence-corrected chi connectivity index (χ1v) is 8.22. The van der Waals surface area contributed by atoms with Crippen molar-refractivity contribution >= 4 is 0 Å². The zero-order valence-corrected chi connectivity index (χ0v) is 12.4. The Morgan fingerprint density at radius 3 is 2.35 bits per heavy atom. The summed E-state index contributed by atoms with van der Waals surface area (Å²) < 4.78 is 0. The fraction of sp³-hybridized carbons (Fsp3) is 0.667. The van der Waals surface area contributed by atoms with Crippen molar-refractivity contribution in [1.82, 2.24) is 5.32 Å². The molecule has 0 atom stereocenters. The van der Waals surface area contributed by atoms with Gasteiger partial charge in [-0.2, -0.15) is 0 Å². The molecule has 0 aromatic heterocycles. The molecule has 2 heteroatoms. The molecular formula is C18H27NO. The molecule has 0 amide bonds. The maximum Gasteiger partial charge on any atom is 0.0499 e. The van der Waals surface area contributed by atoms with Crippen molar-refractivity contribution in [3.63, 3.8) is 0 Å². The Balaban J connectivity index is 1.48. The summed E-state index contributed by atoms with van der Waals surface area (Å²) >= 11 is 0. The van der Waals surface area contributed by atoms with Gasteiger partial charge in [-0.3, -0.25) is 0 Å². The molecule has 20 heavy (non-hydrogen) atoms. The van der Waals surface area contributed by atoms with E-state index in [4.69, 9.17) is 0 Å². The van der Waals surface area contributed by atoms with Gasteiger partial charge in [-0.25, -0.2) is 0 Å². The summed E-state index contributed by atoms with van der Waals surface area (Å²) in [6, 6.07) is 9.09. The number of nitrogens with one attached hydrogen (secondary N) is 1. The van der Waals surface area contributed by atoms with Crippen LogP contribution in [0.25, 0.3) is 0 Å². The molecular weight excluding hydrogens is 246 g/mol. The van der Waals surface area contributed by atoms with Gasteiger partial charge in [-0.1, -0.05) is 43.5 Å². The van der Waals surface area contributed by atoms with Gasteiger partial charge in [0.2, 0.25) is 0 Å². The number of rotatable bonds is 6. The summed E-state index contributed by atoms with van der Waals surface area (Å²) in [5.41, 5.74) is 3.01. The summed E-state index contributed by atoms with van der Waals surface area (Å²) in [6.45, 7) is 2.21. The predicted octanol–water partition coefficient (Wildman–Crippen LogP) is 3.60. The van der Waals surface area contributed by atoms with E-state index < -0.39 is 0 Å². The van der Waals surface area contributed by atoms with Crippen LogP contribution in [0.15, 0.2) is 24.3 Å². The van der Waals surface area contributed by atoms with Crippen LogP contribution in [0.5, 0.6) is 0 Å². The lowest BCUT2D eigenvalue weighted by molar-refractivity contribution is 0.0810. The third-order valence-corrected chi connectivity index (χ3v) is 5.11. The largest absolute Gasteiger partial charge is 0.396 e. The fourth-order valence-corrected chi connectivity index (χ4v) is 3.49. The maximum atomic E-state index is 9.70. The van der Waals surface area contributed by atoms with Gasteiger partial charge in [0.25, 0.3) is 0 Å². The van der Waals surface area contributed by atoms with Crippen LogP contribution in [0, 0.1) is 5.41 Å². The fourth-order valence-electron chi connectivity index (χ4n) is 3.49. The van der Waals surface area contributed by atoms with Crippen molar-refractivity contribution in [3.05, 3.63) is 35.4 Å². The van der Waals surface area contributed by atoms with Crippen molar-refractivity contribution in [2.75, 3.05) is 13.2 Å². The minimum atomic E-state index is 0.145. The van der Waals surface area contributed by atoms with Gasteiger partial charge >= 0.3 is 0 Å². The van der Waals surface area contributed by atoms with Gasteiger partial charge in [0.1, 0.15) is 0 Å². The Morgan fingerprint density at radius 2 is 1.75 bits per heavy atom. The van der Waals surface area contributed by atoms with Gasteiger partial charge in [0.15, 0.2) is 0 Å². The average Bonchev–Trinajstić information content (AvgIpc) is 3.34. The van der Waals surface area contributed by atoms with Crippen LogP contribution in [0.3, 0.4) is 0 Å². The van der Waals surface area contributed by atoms with Crippen LogP contribution < -0.4 is 5.32 Å². The van der Waals surface area contributed by atoms with Crippen molar-refractivity contribution < 1.29 is 5.11 Å². The third-order valence-electron chi connectivity index (χ3n) is 5.11. The Bertz CT molecular complexity index is 416. The maximum absolute atomic E-state index is 9.70. The first kappa shape index (κ1) is 14.1. The zero-order chi connectivity index (χ0) is 13.8. The smallest absolute Gasteiger partial charge is 0.0499 e. The highest BCUT2D eigenvalue weighted by Crippen LogP contribution is 2.40. The van der Waals surface area contributed by atoms with Gasteiger partial charge in [0, 0.05) is 25.1 Å². The van der Waals surface area contributed by atoms with Crippen LogP contribution >= 0.6 is 0 Å². The molecule has 1 aromatic rings. The van der Waals surface area contributed by atoms with Crippen molar-refractivity contribution in [1.29, 1.82) is 0 Å². The molecule has 110 valence electrons. The van der Waals surface area contributed by atoms with E-state index in [1.54, 1.807) is 0 Å². The normalized spacial score (nSPS) is 21.9. The minimum Gasteiger partial charge on any atom is -0.396 e. The topological polar surface area (TPSA) is 32.3 Å². The Labute approximate surface area is 122 Å². The molecule has 0 spiro atoms. The van der Waals surface area contributed by atoms with Crippen LogP contribution in [-0.4, -0.2) is 18.3 Å². The molecule has 2 nitrogen and oxygen atoms in total. The van der Waals surface area contributed by atoms with E-state index in [0.717, 1.165) is 19.0 Å². The molecule has 2 aliphatic rings. The van der Waals surface area contributed by atoms with E-state index in [0.29, 0.717) is 6.61 Å². The van der Waals surface area contributed by atoms with Crippen LogP contribution in [0.1, 0.15) is 62.0 Å².